The maximum Gasteiger partial charge on any atom is -0.106 e. The van der Waals surface area contributed by atoms with Crippen molar-refractivity contribution in [1.29, 1.82) is 0 Å². The molecule has 0 aliphatic heterocycles. The Labute approximate surface area is 171 Å². The van der Waals surface area contributed by atoms with E-state index in [2.05, 4.69) is 86.0 Å². The molecular weight excluding hydrogens is 491 g/mol. The van der Waals surface area contributed by atoms with Crippen LogP contribution < -0.4 is 34.0 Å². The maximum absolute atomic E-state index is 3.00. The van der Waals surface area contributed by atoms with Crippen LogP contribution >= 0.6 is 0 Å². The summed E-state index contributed by atoms with van der Waals surface area (Å²) in [5.74, 6) is 0. The first-order chi connectivity index (χ1) is 10.4. The van der Waals surface area contributed by atoms with E-state index in [0.29, 0.717) is 0 Å². The fraction of sp³-hybridized carbons (Fsp3) is 0.100. The predicted molar refractivity (Wildman–Crippen MR) is 87.7 cm³/mol. The van der Waals surface area contributed by atoms with E-state index in [9.17, 15) is 0 Å². The molecule has 0 aromatic heterocycles. The van der Waals surface area contributed by atoms with Crippen LogP contribution in [-0.2, 0) is 23.2 Å². The van der Waals surface area contributed by atoms with Crippen LogP contribution in [0.4, 0.5) is 0 Å². The first-order valence-electron chi connectivity index (χ1n) is 7.22. The van der Waals surface area contributed by atoms with Crippen molar-refractivity contribution in [3.8, 4) is 0 Å². The van der Waals surface area contributed by atoms with Crippen LogP contribution in [0.15, 0.2) is 73.8 Å². The zero-order chi connectivity index (χ0) is 14.7. The van der Waals surface area contributed by atoms with Crippen LogP contribution in [0, 0.1) is 0 Å². The average molecular weight is 509 g/mol. The van der Waals surface area contributed by atoms with Crippen LogP contribution in [0.3, 0.4) is 0 Å². The normalized spacial score (nSPS) is 18.4. The quantitative estimate of drug-likeness (QED) is 0.476. The van der Waals surface area contributed by atoms with E-state index in [1.54, 1.807) is 11.1 Å². The van der Waals surface area contributed by atoms with Gasteiger partial charge in [0.05, 0.1) is 0 Å². The minimum atomic E-state index is -0.542. The Morgan fingerprint density at radius 2 is 1.04 bits per heavy atom. The maximum atomic E-state index is 3.00. The van der Waals surface area contributed by atoms with Crippen molar-refractivity contribution in [2.75, 3.05) is 0 Å². The molecule has 0 heterocycles. The van der Waals surface area contributed by atoms with Gasteiger partial charge in [-0.2, -0.15) is 0 Å². The molecule has 2 aliphatic rings. The van der Waals surface area contributed by atoms with Crippen LogP contribution in [0.25, 0.3) is 12.2 Å². The third kappa shape index (κ3) is 4.32. The molecule has 116 valence electrons. The van der Waals surface area contributed by atoms with Gasteiger partial charge in [0.2, 0.25) is 0 Å². The summed E-state index contributed by atoms with van der Waals surface area (Å²) < 4.78 is 1.47. The SMILES string of the molecule is C1=C[CH]([Zr+2][CH]2C=Cc3ccccc32)c2ccccc21.C=C.[Br-].[Br-]. The number of halogens is 2. The molecule has 0 saturated heterocycles. The summed E-state index contributed by atoms with van der Waals surface area (Å²) >= 11 is -0.542. The zero-order valence-corrected chi connectivity index (χ0v) is 18.4. The first-order valence-corrected chi connectivity index (χ1v) is 10.1. The number of benzene rings is 2. The van der Waals surface area contributed by atoms with Gasteiger partial charge in [0.1, 0.15) is 0 Å². The van der Waals surface area contributed by atoms with Crippen LogP contribution in [0.2, 0.25) is 0 Å². The van der Waals surface area contributed by atoms with Crippen molar-refractivity contribution < 1.29 is 57.2 Å². The van der Waals surface area contributed by atoms with Gasteiger partial charge in [-0.3, -0.25) is 0 Å². The Bertz CT molecular complexity index is 647. The summed E-state index contributed by atoms with van der Waals surface area (Å²) in [6, 6.07) is 17.7. The van der Waals surface area contributed by atoms with Gasteiger partial charge in [0, 0.05) is 0 Å². The van der Waals surface area contributed by atoms with Crippen molar-refractivity contribution >= 4 is 12.2 Å². The molecule has 0 bridgehead atoms. The Hall–Kier alpha value is -0.497. The van der Waals surface area contributed by atoms with Crippen molar-refractivity contribution in [3.63, 3.8) is 0 Å². The van der Waals surface area contributed by atoms with E-state index in [4.69, 9.17) is 0 Å². The molecule has 4 rings (SSSR count). The van der Waals surface area contributed by atoms with Crippen LogP contribution in [0.5, 0.6) is 0 Å². The summed E-state index contributed by atoms with van der Waals surface area (Å²) in [7, 11) is 0. The number of rotatable bonds is 2. The summed E-state index contributed by atoms with van der Waals surface area (Å²) in [4.78, 5) is 0. The third-order valence-corrected chi connectivity index (χ3v) is 8.20. The van der Waals surface area contributed by atoms with E-state index in [1.807, 2.05) is 0 Å². The van der Waals surface area contributed by atoms with E-state index < -0.39 is 23.2 Å². The molecule has 2 atom stereocenters. The first kappa shape index (κ1) is 20.5. The van der Waals surface area contributed by atoms with Crippen molar-refractivity contribution in [1.82, 2.24) is 0 Å². The Morgan fingerprint density at radius 3 is 1.48 bits per heavy atom. The van der Waals surface area contributed by atoms with Gasteiger partial charge < -0.3 is 34.0 Å². The van der Waals surface area contributed by atoms with Gasteiger partial charge in [-0.05, 0) is 0 Å². The summed E-state index contributed by atoms with van der Waals surface area (Å²) in [6.07, 6.45) is 9.49. The molecule has 0 radical (unpaired) electrons. The second-order valence-corrected chi connectivity index (χ2v) is 8.98. The van der Waals surface area contributed by atoms with E-state index in [0.717, 1.165) is 7.25 Å². The molecular formula is C20H18Br2Zr. The molecule has 0 nitrogen and oxygen atoms in total. The number of hydrogen-bond donors (Lipinski definition) is 0. The predicted octanol–water partition coefficient (Wildman–Crippen LogP) is -0.585. The monoisotopic (exact) mass is 506 g/mol. The molecule has 2 unspecified atom stereocenters. The molecule has 23 heavy (non-hydrogen) atoms. The average Bonchev–Trinajstić information content (AvgIpc) is 3.15. The smallest absolute Gasteiger partial charge is 0.106 e. The van der Waals surface area contributed by atoms with Gasteiger partial charge in [0.25, 0.3) is 0 Å². The second-order valence-electron chi connectivity index (χ2n) is 5.10. The Kier molecular flexibility index (Phi) is 8.68. The van der Waals surface area contributed by atoms with Gasteiger partial charge in [-0.25, -0.2) is 0 Å². The third-order valence-electron chi connectivity index (χ3n) is 3.96. The molecule has 0 spiro atoms. The molecule has 0 amide bonds. The summed E-state index contributed by atoms with van der Waals surface area (Å²) in [5, 5.41) is 0. The fourth-order valence-corrected chi connectivity index (χ4v) is 7.13. The molecule has 2 aromatic rings. The van der Waals surface area contributed by atoms with Crippen molar-refractivity contribution in [2.24, 2.45) is 0 Å². The van der Waals surface area contributed by atoms with Crippen molar-refractivity contribution in [3.05, 3.63) is 96.1 Å². The number of allylic oxidation sites excluding steroid dienone is 2. The minimum Gasteiger partial charge on any atom is -1.00 e. The Balaban J connectivity index is 0.000000638. The van der Waals surface area contributed by atoms with Gasteiger partial charge in [-0.1, -0.05) is 0 Å². The van der Waals surface area contributed by atoms with Crippen molar-refractivity contribution in [2.45, 2.75) is 7.25 Å². The van der Waals surface area contributed by atoms with Gasteiger partial charge in [-0.15, -0.1) is 13.2 Å². The van der Waals surface area contributed by atoms with E-state index in [-0.39, 0.29) is 34.0 Å². The summed E-state index contributed by atoms with van der Waals surface area (Å²) in [6.45, 7) is 6.00. The summed E-state index contributed by atoms with van der Waals surface area (Å²) in [5.41, 5.74) is 5.99. The van der Waals surface area contributed by atoms with E-state index in [1.165, 1.54) is 11.1 Å². The van der Waals surface area contributed by atoms with E-state index >= 15 is 0 Å². The largest absolute Gasteiger partial charge is 1.00 e. The fourth-order valence-electron chi connectivity index (χ4n) is 2.98. The molecule has 0 fully saturated rings. The molecule has 2 aromatic carbocycles. The number of fused-ring (bicyclic) bond motifs is 2. The molecule has 0 N–H and O–H groups in total. The Morgan fingerprint density at radius 1 is 0.652 bits per heavy atom. The molecule has 2 aliphatic carbocycles. The molecule has 0 saturated carbocycles. The topological polar surface area (TPSA) is 0 Å². The van der Waals surface area contributed by atoms with Gasteiger partial charge in [0.15, 0.2) is 0 Å². The van der Waals surface area contributed by atoms with Crippen LogP contribution in [0.1, 0.15) is 29.5 Å². The number of hydrogen-bond acceptors (Lipinski definition) is 0. The zero-order valence-electron chi connectivity index (χ0n) is 12.8. The van der Waals surface area contributed by atoms with Gasteiger partial charge >= 0.3 is 126 Å². The standard InChI is InChI=1S/2C9H7.C2H4.2BrH.Zr/c2*1-2-5-9-7-3-6-8(9)4-1;1-2;;;/h2*1-7H;1-2H2;2*1H;/q;;;;;+2/p-2. The molecule has 3 heteroatoms. The minimum absolute atomic E-state index is 0. The van der Waals surface area contributed by atoms with Crippen LogP contribution in [-0.4, -0.2) is 0 Å². The second kappa shape index (κ2) is 9.72.